The molecule has 0 aliphatic rings. The van der Waals surface area contributed by atoms with Crippen molar-refractivity contribution in [3.8, 4) is 0 Å². The van der Waals surface area contributed by atoms with Gasteiger partial charge >= 0.3 is 0 Å². The molecule has 0 N–H and O–H groups in total. The third-order valence-corrected chi connectivity index (χ3v) is 3.27. The van der Waals surface area contributed by atoms with Crippen LogP contribution in [0.5, 0.6) is 0 Å². The van der Waals surface area contributed by atoms with Gasteiger partial charge in [0.05, 0.1) is 0 Å². The lowest BCUT2D eigenvalue weighted by molar-refractivity contribution is 0.187. The van der Waals surface area contributed by atoms with E-state index in [1.165, 1.54) is 0 Å². The fraction of sp³-hybridized carbons (Fsp3) is 1.00. The van der Waals surface area contributed by atoms with E-state index >= 15 is 0 Å². The molecule has 0 amide bonds. The Hall–Kier alpha value is 0.540. The normalized spacial score (nSPS) is 14.4. The number of alkyl halides is 2. The summed E-state index contributed by atoms with van der Waals surface area (Å²) < 4.78 is -0.785. The van der Waals surface area contributed by atoms with Crippen LogP contribution in [-0.2, 0) is 0 Å². The topological polar surface area (TPSA) is 3.24 Å². The van der Waals surface area contributed by atoms with E-state index < -0.39 is 4.46 Å². The first-order chi connectivity index (χ1) is 4.19. The Balaban J connectivity index is 4.40. The third-order valence-electron chi connectivity index (χ3n) is 1.46. The number of hydrogen-bond donors (Lipinski definition) is 0. The van der Waals surface area contributed by atoms with Crippen LogP contribution in [0.4, 0.5) is 0 Å². The molecule has 0 heterocycles. The molecule has 0 rings (SSSR count). The average molecular weight is 184 g/mol. The van der Waals surface area contributed by atoms with Crippen LogP contribution in [-0.4, -0.2) is 23.5 Å². The third kappa shape index (κ3) is 2.01. The quantitative estimate of drug-likeness (QED) is 0.447. The summed E-state index contributed by atoms with van der Waals surface area (Å²) in [6.07, 6.45) is 0. The smallest absolute Gasteiger partial charge is 0.175 e. The first-order valence-electron chi connectivity index (χ1n) is 3.25. The van der Waals surface area contributed by atoms with Gasteiger partial charge in [-0.3, -0.25) is 4.90 Å². The first-order valence-corrected chi connectivity index (χ1v) is 4.00. The highest BCUT2D eigenvalue weighted by Gasteiger charge is 2.40. The van der Waals surface area contributed by atoms with E-state index in [0.29, 0.717) is 0 Å². The molecule has 0 unspecified atom stereocenters. The van der Waals surface area contributed by atoms with Gasteiger partial charge < -0.3 is 0 Å². The van der Waals surface area contributed by atoms with E-state index in [1.807, 2.05) is 34.9 Å². The molecule has 0 fully saturated rings. The number of hydrogen-bond acceptors (Lipinski definition) is 1. The Bertz CT molecular complexity index is 113. The first kappa shape index (κ1) is 10.5. The molecule has 1 nitrogen and oxygen atoms in total. The highest BCUT2D eigenvalue weighted by molar-refractivity contribution is 6.48. The molecule has 0 bridgehead atoms. The molecule has 0 aliphatic heterocycles. The Labute approximate surface area is 73.3 Å². The van der Waals surface area contributed by atoms with Gasteiger partial charge in [0, 0.05) is 5.41 Å². The largest absolute Gasteiger partial charge is 0.278 e. The summed E-state index contributed by atoms with van der Waals surface area (Å²) in [7, 11) is 3.73. The fourth-order valence-corrected chi connectivity index (χ4v) is 0.671. The van der Waals surface area contributed by atoms with Crippen LogP contribution in [0.15, 0.2) is 0 Å². The Kier molecular flexibility index (Phi) is 3.04. The van der Waals surface area contributed by atoms with E-state index in [-0.39, 0.29) is 5.41 Å². The number of nitrogens with zero attached hydrogens (tertiary/aromatic N) is 1. The van der Waals surface area contributed by atoms with Crippen molar-refractivity contribution in [2.24, 2.45) is 5.41 Å². The van der Waals surface area contributed by atoms with Crippen LogP contribution in [0.2, 0.25) is 0 Å². The van der Waals surface area contributed by atoms with Gasteiger partial charge in [0.15, 0.2) is 4.46 Å². The Morgan fingerprint density at radius 2 is 1.30 bits per heavy atom. The zero-order valence-corrected chi connectivity index (χ0v) is 8.72. The van der Waals surface area contributed by atoms with Gasteiger partial charge in [-0.1, -0.05) is 44.0 Å². The molecule has 0 radical (unpaired) electrons. The van der Waals surface area contributed by atoms with Crippen LogP contribution in [0.3, 0.4) is 0 Å². The van der Waals surface area contributed by atoms with Crippen LogP contribution < -0.4 is 0 Å². The van der Waals surface area contributed by atoms with E-state index in [0.717, 1.165) is 0 Å². The SMILES string of the molecule is CN(C)C(Cl)(Cl)C(C)(C)C. The standard InChI is InChI=1S/C7H15Cl2N/c1-6(2,3)7(8,9)10(4)5/h1-5H3. The molecule has 0 aliphatic carbocycles. The summed E-state index contributed by atoms with van der Waals surface area (Å²) in [4.78, 5) is 1.80. The summed E-state index contributed by atoms with van der Waals surface area (Å²) in [6.45, 7) is 6.02. The molecule has 0 saturated heterocycles. The van der Waals surface area contributed by atoms with Crippen molar-refractivity contribution in [2.45, 2.75) is 25.2 Å². The molecule has 10 heavy (non-hydrogen) atoms. The molecule has 0 aromatic carbocycles. The molecule has 0 aromatic heterocycles. The molecule has 3 heteroatoms. The van der Waals surface area contributed by atoms with E-state index in [2.05, 4.69) is 0 Å². The molecule has 0 saturated carbocycles. The molecule has 62 valence electrons. The van der Waals surface area contributed by atoms with Gasteiger partial charge in [-0.05, 0) is 14.1 Å². The molecular weight excluding hydrogens is 169 g/mol. The van der Waals surface area contributed by atoms with Crippen LogP contribution in [0.25, 0.3) is 0 Å². The van der Waals surface area contributed by atoms with Crippen LogP contribution in [0.1, 0.15) is 20.8 Å². The second-order valence-corrected chi connectivity index (χ2v) is 4.97. The summed E-state index contributed by atoms with van der Waals surface area (Å²) in [5.41, 5.74) is -0.125. The minimum absolute atomic E-state index is 0.125. The maximum atomic E-state index is 6.04. The average Bonchev–Trinajstić information content (AvgIpc) is 1.62. The van der Waals surface area contributed by atoms with E-state index in [4.69, 9.17) is 23.2 Å². The van der Waals surface area contributed by atoms with Gasteiger partial charge in [0.2, 0.25) is 0 Å². The van der Waals surface area contributed by atoms with E-state index in [9.17, 15) is 0 Å². The summed E-state index contributed by atoms with van der Waals surface area (Å²) >= 11 is 12.1. The predicted molar refractivity (Wildman–Crippen MR) is 47.6 cm³/mol. The predicted octanol–water partition coefficient (Wildman–Crippen LogP) is 2.73. The van der Waals surface area contributed by atoms with Crippen molar-refractivity contribution >= 4 is 23.2 Å². The van der Waals surface area contributed by atoms with Gasteiger partial charge in [0.1, 0.15) is 0 Å². The maximum absolute atomic E-state index is 6.04. The summed E-state index contributed by atoms with van der Waals surface area (Å²) in [6, 6.07) is 0. The molecule has 0 aromatic rings. The van der Waals surface area contributed by atoms with Crippen molar-refractivity contribution in [1.29, 1.82) is 0 Å². The summed E-state index contributed by atoms with van der Waals surface area (Å²) in [5, 5.41) is 0. The van der Waals surface area contributed by atoms with E-state index in [1.54, 1.807) is 4.90 Å². The van der Waals surface area contributed by atoms with Gasteiger partial charge in [-0.2, -0.15) is 0 Å². The number of halogens is 2. The fourth-order valence-electron chi connectivity index (χ4n) is 0.671. The molecular formula is C7H15Cl2N. The van der Waals surface area contributed by atoms with Crippen molar-refractivity contribution in [2.75, 3.05) is 14.1 Å². The highest BCUT2D eigenvalue weighted by Crippen LogP contribution is 2.41. The van der Waals surface area contributed by atoms with Gasteiger partial charge in [-0.15, -0.1) is 0 Å². The maximum Gasteiger partial charge on any atom is 0.175 e. The van der Waals surface area contributed by atoms with Crippen molar-refractivity contribution in [3.05, 3.63) is 0 Å². The van der Waals surface area contributed by atoms with Crippen molar-refractivity contribution in [1.82, 2.24) is 4.90 Å². The number of rotatable bonds is 1. The molecule has 0 spiro atoms. The lowest BCUT2D eigenvalue weighted by atomic mass is 9.95. The second kappa shape index (κ2) is 2.88. The minimum Gasteiger partial charge on any atom is -0.278 e. The summed E-state index contributed by atoms with van der Waals surface area (Å²) in [5.74, 6) is 0. The minimum atomic E-state index is -0.785. The van der Waals surface area contributed by atoms with Gasteiger partial charge in [0.25, 0.3) is 0 Å². The zero-order chi connectivity index (χ0) is 8.58. The molecule has 0 atom stereocenters. The van der Waals surface area contributed by atoms with Crippen LogP contribution >= 0.6 is 23.2 Å². The Morgan fingerprint density at radius 3 is 1.30 bits per heavy atom. The zero-order valence-electron chi connectivity index (χ0n) is 7.20. The monoisotopic (exact) mass is 183 g/mol. The van der Waals surface area contributed by atoms with Gasteiger partial charge in [-0.25, -0.2) is 0 Å². The Morgan fingerprint density at radius 1 is 1.00 bits per heavy atom. The lowest BCUT2D eigenvalue weighted by Crippen LogP contribution is -2.44. The second-order valence-electron chi connectivity index (χ2n) is 3.69. The van der Waals surface area contributed by atoms with Crippen LogP contribution in [0, 0.1) is 5.41 Å². The van der Waals surface area contributed by atoms with Crippen molar-refractivity contribution < 1.29 is 0 Å². The highest BCUT2D eigenvalue weighted by atomic mass is 35.5. The lowest BCUT2D eigenvalue weighted by Gasteiger charge is -2.38. The van der Waals surface area contributed by atoms with Crippen molar-refractivity contribution in [3.63, 3.8) is 0 Å².